The summed E-state index contributed by atoms with van der Waals surface area (Å²) in [6.07, 6.45) is -0.651. The van der Waals surface area contributed by atoms with Gasteiger partial charge in [0.1, 0.15) is 12.1 Å². The molecule has 0 aliphatic rings. The fraction of sp³-hybridized carbons (Fsp3) is 0.211. The van der Waals surface area contributed by atoms with E-state index in [-0.39, 0.29) is 6.04 Å². The largest absolute Gasteiger partial charge is 0.386 e. The van der Waals surface area contributed by atoms with Crippen molar-refractivity contribution < 1.29 is 5.11 Å². The fourth-order valence-corrected chi connectivity index (χ4v) is 2.87. The molecule has 3 rings (SSSR count). The van der Waals surface area contributed by atoms with Crippen molar-refractivity contribution in [2.75, 3.05) is 0 Å². The fourth-order valence-electron chi connectivity index (χ4n) is 2.87. The van der Waals surface area contributed by atoms with Crippen LogP contribution in [0.1, 0.15) is 34.7 Å². The molecule has 1 aromatic heterocycles. The topological polar surface area (TPSA) is 38.0 Å². The maximum atomic E-state index is 11.0. The summed E-state index contributed by atoms with van der Waals surface area (Å²) in [4.78, 5) is 0. The normalized spacial score (nSPS) is 13.8. The average molecular weight is 292 g/mol. The third-order valence-electron chi connectivity index (χ3n) is 3.89. The molecule has 112 valence electrons. The molecule has 3 heteroatoms. The summed E-state index contributed by atoms with van der Waals surface area (Å²) in [5.41, 5.74) is 3.94. The molecule has 1 N–H and O–H groups in total. The van der Waals surface area contributed by atoms with Crippen molar-refractivity contribution in [1.29, 1.82) is 0 Å². The highest BCUT2D eigenvalue weighted by atomic mass is 16.3. The van der Waals surface area contributed by atoms with Crippen molar-refractivity contribution in [3.05, 3.63) is 89.2 Å². The lowest BCUT2D eigenvalue weighted by atomic mass is 9.96. The third-order valence-corrected chi connectivity index (χ3v) is 3.89. The van der Waals surface area contributed by atoms with Crippen LogP contribution in [-0.4, -0.2) is 14.9 Å². The third kappa shape index (κ3) is 2.81. The first-order valence-corrected chi connectivity index (χ1v) is 7.47. The zero-order valence-electron chi connectivity index (χ0n) is 12.8. The van der Waals surface area contributed by atoms with Crippen LogP contribution < -0.4 is 0 Å². The lowest BCUT2D eigenvalue weighted by Crippen LogP contribution is -2.21. The highest BCUT2D eigenvalue weighted by Crippen LogP contribution is 2.33. The van der Waals surface area contributed by atoms with Gasteiger partial charge in [0, 0.05) is 5.69 Å². The molecular weight excluding hydrogens is 272 g/mol. The second kappa shape index (κ2) is 6.16. The van der Waals surface area contributed by atoms with Gasteiger partial charge in [-0.05, 0) is 31.0 Å². The van der Waals surface area contributed by atoms with E-state index in [1.807, 2.05) is 85.3 Å². The highest BCUT2D eigenvalue weighted by molar-refractivity contribution is 5.28. The first kappa shape index (κ1) is 14.5. The van der Waals surface area contributed by atoms with Gasteiger partial charge in [0.05, 0.1) is 5.69 Å². The van der Waals surface area contributed by atoms with Gasteiger partial charge < -0.3 is 5.11 Å². The Hall–Kier alpha value is -2.39. The van der Waals surface area contributed by atoms with Crippen LogP contribution in [0.15, 0.2) is 66.7 Å². The zero-order chi connectivity index (χ0) is 15.5. The average Bonchev–Trinajstić information content (AvgIpc) is 2.88. The van der Waals surface area contributed by atoms with E-state index < -0.39 is 6.10 Å². The quantitative estimate of drug-likeness (QED) is 0.793. The molecular formula is C19H20N2O. The van der Waals surface area contributed by atoms with Gasteiger partial charge in [0.15, 0.2) is 0 Å². The summed E-state index contributed by atoms with van der Waals surface area (Å²) in [6, 6.07) is 21.6. The van der Waals surface area contributed by atoms with Gasteiger partial charge in [-0.2, -0.15) is 5.10 Å². The van der Waals surface area contributed by atoms with Crippen LogP contribution in [-0.2, 0) is 0 Å². The van der Waals surface area contributed by atoms with Crippen LogP contribution in [0, 0.1) is 13.8 Å². The molecule has 0 fully saturated rings. The minimum atomic E-state index is -0.651. The van der Waals surface area contributed by atoms with Gasteiger partial charge in [-0.1, -0.05) is 60.7 Å². The maximum absolute atomic E-state index is 11.0. The Morgan fingerprint density at radius 2 is 1.41 bits per heavy atom. The van der Waals surface area contributed by atoms with E-state index in [4.69, 9.17) is 0 Å². The molecule has 0 bridgehead atoms. The Morgan fingerprint density at radius 1 is 0.864 bits per heavy atom. The SMILES string of the molecule is Cc1cc(C)n([C@H](c2ccccc2)[C@H](O)c2ccccc2)n1. The number of rotatable bonds is 4. The van der Waals surface area contributed by atoms with Gasteiger partial charge >= 0.3 is 0 Å². The Labute approximate surface area is 130 Å². The number of aliphatic hydroxyl groups excluding tert-OH is 1. The molecule has 0 saturated carbocycles. The first-order chi connectivity index (χ1) is 10.7. The smallest absolute Gasteiger partial charge is 0.107 e. The molecule has 0 unspecified atom stereocenters. The molecule has 2 atom stereocenters. The Morgan fingerprint density at radius 3 is 1.91 bits per heavy atom. The number of hydrogen-bond acceptors (Lipinski definition) is 2. The molecule has 2 aromatic carbocycles. The van der Waals surface area contributed by atoms with Gasteiger partial charge in [-0.25, -0.2) is 0 Å². The molecule has 0 amide bonds. The van der Waals surface area contributed by atoms with E-state index in [0.717, 1.165) is 22.5 Å². The Kier molecular flexibility index (Phi) is 4.07. The van der Waals surface area contributed by atoms with Crippen molar-refractivity contribution in [2.45, 2.75) is 26.0 Å². The van der Waals surface area contributed by atoms with Crippen molar-refractivity contribution >= 4 is 0 Å². The summed E-state index contributed by atoms with van der Waals surface area (Å²) < 4.78 is 1.92. The Balaban J connectivity index is 2.09. The van der Waals surface area contributed by atoms with Crippen LogP contribution in [0.4, 0.5) is 0 Å². The summed E-state index contributed by atoms with van der Waals surface area (Å²) in [5.74, 6) is 0. The summed E-state index contributed by atoms with van der Waals surface area (Å²) in [5, 5.41) is 15.6. The molecule has 22 heavy (non-hydrogen) atoms. The minimum Gasteiger partial charge on any atom is -0.386 e. The van der Waals surface area contributed by atoms with Gasteiger partial charge in [0.25, 0.3) is 0 Å². The standard InChI is InChI=1S/C19H20N2O/c1-14-13-15(2)21(20-14)18(16-9-5-3-6-10-16)19(22)17-11-7-4-8-12-17/h3-13,18-19,22H,1-2H3/t18-,19-/m1/s1. The molecule has 3 aromatic rings. The van der Waals surface area contributed by atoms with Crippen molar-refractivity contribution in [2.24, 2.45) is 0 Å². The van der Waals surface area contributed by atoms with Crippen molar-refractivity contribution in [1.82, 2.24) is 9.78 Å². The van der Waals surface area contributed by atoms with Crippen molar-refractivity contribution in [3.8, 4) is 0 Å². The number of nitrogens with zero attached hydrogens (tertiary/aromatic N) is 2. The predicted molar refractivity (Wildman–Crippen MR) is 87.7 cm³/mol. The summed E-state index contributed by atoms with van der Waals surface area (Å²) >= 11 is 0. The van der Waals surface area contributed by atoms with Crippen LogP contribution in [0.25, 0.3) is 0 Å². The van der Waals surface area contributed by atoms with Crippen LogP contribution in [0.5, 0.6) is 0 Å². The van der Waals surface area contributed by atoms with E-state index in [1.54, 1.807) is 0 Å². The lowest BCUT2D eigenvalue weighted by molar-refractivity contribution is 0.124. The molecule has 0 aliphatic carbocycles. The van der Waals surface area contributed by atoms with E-state index in [1.165, 1.54) is 0 Å². The van der Waals surface area contributed by atoms with Crippen LogP contribution in [0.2, 0.25) is 0 Å². The first-order valence-electron chi connectivity index (χ1n) is 7.47. The maximum Gasteiger partial charge on any atom is 0.107 e. The molecule has 0 radical (unpaired) electrons. The molecule has 1 heterocycles. The highest BCUT2D eigenvalue weighted by Gasteiger charge is 2.26. The molecule has 0 aliphatic heterocycles. The van der Waals surface area contributed by atoms with E-state index >= 15 is 0 Å². The van der Waals surface area contributed by atoms with Gasteiger partial charge in [-0.3, -0.25) is 4.68 Å². The summed E-state index contributed by atoms with van der Waals surface area (Å²) in [7, 11) is 0. The number of aromatic nitrogens is 2. The van der Waals surface area contributed by atoms with Gasteiger partial charge in [0.2, 0.25) is 0 Å². The minimum absolute atomic E-state index is 0.239. The monoisotopic (exact) mass is 292 g/mol. The van der Waals surface area contributed by atoms with E-state index in [2.05, 4.69) is 5.10 Å². The molecule has 3 nitrogen and oxygen atoms in total. The van der Waals surface area contributed by atoms with E-state index in [0.29, 0.717) is 0 Å². The number of hydrogen-bond donors (Lipinski definition) is 1. The molecule has 0 saturated heterocycles. The zero-order valence-corrected chi connectivity index (χ0v) is 12.8. The van der Waals surface area contributed by atoms with Crippen LogP contribution >= 0.6 is 0 Å². The number of aliphatic hydroxyl groups is 1. The van der Waals surface area contributed by atoms with Crippen LogP contribution in [0.3, 0.4) is 0 Å². The van der Waals surface area contributed by atoms with E-state index in [9.17, 15) is 5.11 Å². The number of aryl methyl sites for hydroxylation is 2. The second-order valence-electron chi connectivity index (χ2n) is 5.58. The van der Waals surface area contributed by atoms with Gasteiger partial charge in [-0.15, -0.1) is 0 Å². The van der Waals surface area contributed by atoms with Crippen molar-refractivity contribution in [3.63, 3.8) is 0 Å². The number of benzene rings is 2. The predicted octanol–water partition coefficient (Wildman–Crippen LogP) is 3.82. The summed E-state index contributed by atoms with van der Waals surface area (Å²) in [6.45, 7) is 3.99. The lowest BCUT2D eigenvalue weighted by Gasteiger charge is -2.25. The second-order valence-corrected chi connectivity index (χ2v) is 5.58. The Bertz CT molecular complexity index is 735. The molecule has 0 spiro atoms.